The predicted octanol–water partition coefficient (Wildman–Crippen LogP) is 5.39. The first-order chi connectivity index (χ1) is 14.9. The van der Waals surface area contributed by atoms with Gasteiger partial charge in [-0.3, -0.25) is 4.90 Å². The molecule has 0 spiro atoms. The van der Waals surface area contributed by atoms with Crippen molar-refractivity contribution in [3.05, 3.63) is 47.0 Å². The molecule has 2 saturated carbocycles. The Morgan fingerprint density at radius 3 is 2.65 bits per heavy atom. The average molecular weight is 437 g/mol. The number of hydrogen-bond donors (Lipinski definition) is 3. The highest BCUT2D eigenvalue weighted by molar-refractivity contribution is 7.13. The molecule has 31 heavy (non-hydrogen) atoms. The molecular formula is C26H32N2O2S. The third-order valence-electron chi connectivity index (χ3n) is 8.25. The van der Waals surface area contributed by atoms with Crippen LogP contribution in [0.15, 0.2) is 35.8 Å². The highest BCUT2D eigenvalue weighted by Gasteiger charge is 2.55. The Kier molecular flexibility index (Phi) is 4.62. The van der Waals surface area contributed by atoms with Gasteiger partial charge in [0.05, 0.1) is 5.60 Å². The molecule has 2 aliphatic heterocycles. The molecule has 2 aromatic heterocycles. The lowest BCUT2D eigenvalue weighted by atomic mass is 9.61. The van der Waals surface area contributed by atoms with Gasteiger partial charge in [0.25, 0.3) is 0 Å². The van der Waals surface area contributed by atoms with E-state index in [2.05, 4.69) is 59.6 Å². The summed E-state index contributed by atoms with van der Waals surface area (Å²) in [7, 11) is 0. The maximum atomic E-state index is 11.4. The number of benzene rings is 1. The lowest BCUT2D eigenvalue weighted by molar-refractivity contribution is -0.199. The van der Waals surface area contributed by atoms with Gasteiger partial charge in [-0.15, -0.1) is 11.3 Å². The lowest BCUT2D eigenvalue weighted by Crippen LogP contribution is -2.66. The first-order valence-corrected chi connectivity index (χ1v) is 12.6. The Bertz CT molecular complexity index is 1090. The fourth-order valence-electron chi connectivity index (χ4n) is 7.15. The molecule has 4 bridgehead atoms. The molecule has 4 atom stereocenters. The minimum absolute atomic E-state index is 0.240. The van der Waals surface area contributed by atoms with Crippen molar-refractivity contribution in [3.63, 3.8) is 0 Å². The smallest absolute Gasteiger partial charge is 0.108 e. The van der Waals surface area contributed by atoms with Crippen molar-refractivity contribution in [3.8, 4) is 10.4 Å². The van der Waals surface area contributed by atoms with Gasteiger partial charge in [-0.2, -0.15) is 0 Å². The van der Waals surface area contributed by atoms with Crippen molar-refractivity contribution in [2.45, 2.75) is 82.2 Å². The van der Waals surface area contributed by atoms with Crippen molar-refractivity contribution in [1.29, 1.82) is 0 Å². The molecule has 3 N–H and O–H groups in total. The second-order valence-electron chi connectivity index (χ2n) is 10.4. The minimum atomic E-state index is -0.470. The van der Waals surface area contributed by atoms with E-state index in [1.165, 1.54) is 32.5 Å². The molecule has 0 amide bonds. The maximum absolute atomic E-state index is 11.4. The van der Waals surface area contributed by atoms with Crippen molar-refractivity contribution in [2.24, 2.45) is 5.92 Å². The zero-order valence-corrected chi connectivity index (χ0v) is 19.2. The van der Waals surface area contributed by atoms with Crippen molar-refractivity contribution in [2.75, 3.05) is 0 Å². The predicted molar refractivity (Wildman–Crippen MR) is 126 cm³/mol. The molecule has 4 nitrogen and oxygen atoms in total. The number of hydrogen-bond acceptors (Lipinski definition) is 4. The number of aryl methyl sites for hydroxylation is 1. The van der Waals surface area contributed by atoms with Crippen LogP contribution in [-0.2, 0) is 0 Å². The highest BCUT2D eigenvalue weighted by Crippen LogP contribution is 2.52. The highest BCUT2D eigenvalue weighted by atomic mass is 32.1. The molecule has 5 heteroatoms. The monoisotopic (exact) mass is 436 g/mol. The van der Waals surface area contributed by atoms with Crippen molar-refractivity contribution in [1.82, 2.24) is 9.88 Å². The van der Waals surface area contributed by atoms with Crippen molar-refractivity contribution < 1.29 is 10.2 Å². The number of nitrogens with one attached hydrogen (secondary N) is 1. The number of aromatic amines is 1. The lowest BCUT2D eigenvalue weighted by Gasteiger charge is -2.61. The van der Waals surface area contributed by atoms with E-state index in [0.717, 1.165) is 38.5 Å². The Hall–Kier alpha value is -1.66. The van der Waals surface area contributed by atoms with Crippen LogP contribution in [-0.4, -0.2) is 44.0 Å². The zero-order valence-electron chi connectivity index (χ0n) is 18.3. The summed E-state index contributed by atoms with van der Waals surface area (Å²) in [5.41, 5.74) is 4.61. The molecule has 3 aromatic rings. The fourth-order valence-corrected chi connectivity index (χ4v) is 7.99. The van der Waals surface area contributed by atoms with Gasteiger partial charge in [0.1, 0.15) is 6.23 Å². The number of aromatic nitrogens is 1. The van der Waals surface area contributed by atoms with E-state index in [-0.39, 0.29) is 5.92 Å². The van der Waals surface area contributed by atoms with E-state index < -0.39 is 11.8 Å². The maximum Gasteiger partial charge on any atom is 0.108 e. The van der Waals surface area contributed by atoms with Crippen LogP contribution in [0.4, 0.5) is 0 Å². The summed E-state index contributed by atoms with van der Waals surface area (Å²) in [6.07, 6.45) is 7.33. The molecule has 4 aliphatic rings. The van der Waals surface area contributed by atoms with E-state index in [0.29, 0.717) is 18.0 Å². The van der Waals surface area contributed by atoms with Gasteiger partial charge >= 0.3 is 0 Å². The summed E-state index contributed by atoms with van der Waals surface area (Å²) in [5.74, 6) is 0.887. The zero-order chi connectivity index (χ0) is 21.3. The second-order valence-corrected chi connectivity index (χ2v) is 11.4. The second kappa shape index (κ2) is 7.17. The van der Waals surface area contributed by atoms with Crippen LogP contribution in [0.5, 0.6) is 0 Å². The molecule has 4 unspecified atom stereocenters. The van der Waals surface area contributed by atoms with E-state index in [4.69, 9.17) is 0 Å². The van der Waals surface area contributed by atoms with E-state index in [9.17, 15) is 10.2 Å². The summed E-state index contributed by atoms with van der Waals surface area (Å²) in [6.45, 7) is 4.44. The number of nitrogens with zero attached hydrogens (tertiary/aromatic N) is 1. The van der Waals surface area contributed by atoms with Gasteiger partial charge in [0.15, 0.2) is 0 Å². The van der Waals surface area contributed by atoms with Gasteiger partial charge in [0, 0.05) is 39.6 Å². The molecule has 7 rings (SSSR count). The number of thiophene rings is 1. The SMILES string of the molecule is Cc1ccc2[nH]cc(C(C)CC(O)N3C4CC5CC3CC(O)(C5)C4)c2c1-c1cccs1. The Balaban J connectivity index is 1.30. The summed E-state index contributed by atoms with van der Waals surface area (Å²) >= 11 is 1.79. The van der Waals surface area contributed by atoms with E-state index in [1.54, 1.807) is 11.3 Å². The first-order valence-electron chi connectivity index (χ1n) is 11.7. The van der Waals surface area contributed by atoms with Crippen LogP contribution in [0, 0.1) is 12.8 Å². The molecular weight excluding hydrogens is 404 g/mol. The number of aliphatic hydroxyl groups is 2. The standard InChI is InChI=1S/C26H32N2O2S/c1-15-5-6-21-25(24(15)22-4-3-7-31-22)20(14-27-21)16(2)8-23(29)28-18-9-17-10-19(28)13-26(30,11-17)12-18/h3-7,14,16-19,23,27,29-30H,8-13H2,1-2H3. The molecule has 2 aliphatic carbocycles. The minimum Gasteiger partial charge on any atom is -0.390 e. The Morgan fingerprint density at radius 2 is 1.97 bits per heavy atom. The number of fused-ring (bicyclic) bond motifs is 1. The normalized spacial score (nSPS) is 32.1. The molecule has 164 valence electrons. The van der Waals surface area contributed by atoms with Gasteiger partial charge in [-0.1, -0.05) is 19.1 Å². The molecule has 0 radical (unpaired) electrons. The third kappa shape index (κ3) is 3.20. The average Bonchev–Trinajstić information content (AvgIpc) is 3.36. The van der Waals surface area contributed by atoms with E-state index >= 15 is 0 Å². The van der Waals surface area contributed by atoms with Gasteiger partial charge in [-0.05, 0) is 85.9 Å². The largest absolute Gasteiger partial charge is 0.390 e. The van der Waals surface area contributed by atoms with Crippen LogP contribution < -0.4 is 0 Å². The topological polar surface area (TPSA) is 59.5 Å². The first kappa shape index (κ1) is 20.0. The van der Waals surface area contributed by atoms with Gasteiger partial charge in [-0.25, -0.2) is 0 Å². The fraction of sp³-hybridized carbons (Fsp3) is 0.538. The van der Waals surface area contributed by atoms with Crippen LogP contribution >= 0.6 is 11.3 Å². The number of H-pyrrole nitrogens is 1. The van der Waals surface area contributed by atoms with Crippen molar-refractivity contribution >= 4 is 22.2 Å². The van der Waals surface area contributed by atoms with E-state index in [1.807, 2.05) is 0 Å². The molecule has 1 aromatic carbocycles. The Morgan fingerprint density at radius 1 is 1.19 bits per heavy atom. The van der Waals surface area contributed by atoms with Crippen LogP contribution in [0.2, 0.25) is 0 Å². The third-order valence-corrected chi connectivity index (χ3v) is 9.13. The summed E-state index contributed by atoms with van der Waals surface area (Å²) in [5, 5.41) is 25.7. The molecule has 2 saturated heterocycles. The van der Waals surface area contributed by atoms with Crippen LogP contribution in [0.1, 0.15) is 62.5 Å². The molecule has 4 fully saturated rings. The van der Waals surface area contributed by atoms with Gasteiger partial charge in [0.2, 0.25) is 0 Å². The number of piperidine rings is 2. The Labute approximate surface area is 187 Å². The van der Waals surface area contributed by atoms with Crippen LogP contribution in [0.25, 0.3) is 21.3 Å². The summed E-state index contributed by atoms with van der Waals surface area (Å²) in [6, 6.07) is 9.37. The number of aliphatic hydroxyl groups excluding tert-OH is 1. The van der Waals surface area contributed by atoms with Crippen LogP contribution in [0.3, 0.4) is 0 Å². The summed E-state index contributed by atoms with van der Waals surface area (Å²) in [4.78, 5) is 7.15. The number of rotatable bonds is 5. The summed E-state index contributed by atoms with van der Waals surface area (Å²) < 4.78 is 0. The molecule has 4 heterocycles. The van der Waals surface area contributed by atoms with Gasteiger partial charge < -0.3 is 15.2 Å². The quantitative estimate of drug-likeness (QED) is 0.502.